The van der Waals surface area contributed by atoms with E-state index in [-0.39, 0.29) is 11.3 Å². The number of furan rings is 1. The Morgan fingerprint density at radius 1 is 1.17 bits per heavy atom. The number of aromatic nitrogens is 1. The molecule has 0 aliphatic carbocycles. The van der Waals surface area contributed by atoms with Crippen molar-refractivity contribution in [2.75, 3.05) is 6.54 Å². The molecule has 3 aromatic rings. The largest absolute Gasteiger partial charge is 0.503 e. The van der Waals surface area contributed by atoms with Gasteiger partial charge in [-0.05, 0) is 30.7 Å². The van der Waals surface area contributed by atoms with E-state index in [2.05, 4.69) is 11.9 Å². The summed E-state index contributed by atoms with van der Waals surface area (Å²) in [5.74, 6) is -1.48. The average Bonchev–Trinajstić information content (AvgIpc) is 3.29. The molecule has 0 saturated heterocycles. The number of aliphatic hydroxyl groups is 1. The number of carbonyl (C=O) groups excluding carboxylic acids is 2. The highest BCUT2D eigenvalue weighted by atomic mass is 16.3. The van der Waals surface area contributed by atoms with E-state index < -0.39 is 23.5 Å². The number of para-hydroxylation sites is 1. The minimum atomic E-state index is -0.735. The van der Waals surface area contributed by atoms with Crippen molar-refractivity contribution in [1.29, 1.82) is 0 Å². The van der Waals surface area contributed by atoms with Gasteiger partial charge in [-0.25, -0.2) is 0 Å². The van der Waals surface area contributed by atoms with Gasteiger partial charge < -0.3 is 14.4 Å². The second kappa shape index (κ2) is 7.91. The quantitative estimate of drug-likeness (QED) is 0.471. The number of carbonyl (C=O) groups is 2. The number of hydrogen-bond donors (Lipinski definition) is 1. The predicted molar refractivity (Wildman–Crippen MR) is 108 cm³/mol. The molecule has 1 aliphatic heterocycles. The fourth-order valence-electron chi connectivity index (χ4n) is 3.72. The van der Waals surface area contributed by atoms with Crippen LogP contribution in [0.4, 0.5) is 0 Å². The molecular formula is C23H22N2O4. The van der Waals surface area contributed by atoms with Crippen LogP contribution in [0.5, 0.6) is 0 Å². The molecule has 1 unspecified atom stereocenters. The highest BCUT2D eigenvalue weighted by molar-refractivity contribution is 6.15. The van der Waals surface area contributed by atoms with Gasteiger partial charge in [-0.15, -0.1) is 0 Å². The van der Waals surface area contributed by atoms with E-state index >= 15 is 0 Å². The third kappa shape index (κ3) is 3.42. The number of unbranched alkanes of at least 4 members (excludes halogenated alkanes) is 2. The van der Waals surface area contributed by atoms with E-state index in [0.717, 1.165) is 24.6 Å². The molecule has 1 amide bonds. The topological polar surface area (TPSA) is 83.6 Å². The van der Waals surface area contributed by atoms with E-state index in [1.807, 2.05) is 18.2 Å². The van der Waals surface area contributed by atoms with Gasteiger partial charge in [-0.2, -0.15) is 0 Å². The maximum absolute atomic E-state index is 13.3. The fraction of sp³-hybridized carbons (Fsp3) is 0.261. The lowest BCUT2D eigenvalue weighted by molar-refractivity contribution is -0.129. The first-order valence-electron chi connectivity index (χ1n) is 9.80. The second-order valence-electron chi connectivity index (χ2n) is 7.10. The second-order valence-corrected chi connectivity index (χ2v) is 7.10. The number of aliphatic hydroxyl groups excluding tert-OH is 1. The molecule has 0 bridgehead atoms. The van der Waals surface area contributed by atoms with Crippen molar-refractivity contribution in [2.45, 2.75) is 32.2 Å². The van der Waals surface area contributed by atoms with Crippen LogP contribution in [0.15, 0.2) is 70.5 Å². The maximum atomic E-state index is 13.3. The van der Waals surface area contributed by atoms with Crippen LogP contribution in [-0.2, 0) is 4.79 Å². The number of nitrogens with zero attached hydrogens (tertiary/aromatic N) is 2. The van der Waals surface area contributed by atoms with Crippen molar-refractivity contribution < 1.29 is 19.1 Å². The van der Waals surface area contributed by atoms with E-state index in [4.69, 9.17) is 4.42 Å². The lowest BCUT2D eigenvalue weighted by Crippen LogP contribution is -2.32. The van der Waals surface area contributed by atoms with Gasteiger partial charge >= 0.3 is 0 Å². The van der Waals surface area contributed by atoms with Crippen LogP contribution in [0.3, 0.4) is 0 Å². The van der Waals surface area contributed by atoms with Crippen molar-refractivity contribution in [3.8, 4) is 0 Å². The van der Waals surface area contributed by atoms with E-state index in [1.165, 1.54) is 4.90 Å². The molecule has 1 atom stereocenters. The van der Waals surface area contributed by atoms with Crippen LogP contribution in [0.1, 0.15) is 48.5 Å². The predicted octanol–water partition coefficient (Wildman–Crippen LogP) is 4.60. The smallest absolute Gasteiger partial charge is 0.290 e. The Morgan fingerprint density at radius 3 is 2.69 bits per heavy atom. The van der Waals surface area contributed by atoms with Gasteiger partial charge in [0.1, 0.15) is 11.6 Å². The molecule has 1 aliphatic rings. The van der Waals surface area contributed by atoms with Gasteiger partial charge in [0.2, 0.25) is 5.78 Å². The molecule has 6 nitrogen and oxygen atoms in total. The molecule has 1 N–H and O–H groups in total. The average molecular weight is 390 g/mol. The lowest BCUT2D eigenvalue weighted by Gasteiger charge is -2.25. The lowest BCUT2D eigenvalue weighted by atomic mass is 9.98. The molecule has 29 heavy (non-hydrogen) atoms. The van der Waals surface area contributed by atoms with Gasteiger partial charge in [0.15, 0.2) is 11.5 Å². The Kier molecular flexibility index (Phi) is 5.16. The van der Waals surface area contributed by atoms with Crippen molar-refractivity contribution in [3.63, 3.8) is 0 Å². The van der Waals surface area contributed by atoms with E-state index in [1.54, 1.807) is 36.5 Å². The Labute approximate surface area is 168 Å². The summed E-state index contributed by atoms with van der Waals surface area (Å²) in [5, 5.41) is 11.4. The molecule has 6 heteroatoms. The Bertz CT molecular complexity index is 1050. The number of pyridine rings is 1. The summed E-state index contributed by atoms with van der Waals surface area (Å²) < 4.78 is 5.70. The first-order chi connectivity index (χ1) is 14.1. The first kappa shape index (κ1) is 18.9. The molecule has 0 fully saturated rings. The number of benzene rings is 1. The highest BCUT2D eigenvalue weighted by Crippen LogP contribution is 2.39. The monoisotopic (exact) mass is 390 g/mol. The van der Waals surface area contributed by atoms with Gasteiger partial charge in [-0.3, -0.25) is 14.6 Å². The van der Waals surface area contributed by atoms with Crippen LogP contribution < -0.4 is 0 Å². The van der Waals surface area contributed by atoms with E-state index in [0.29, 0.717) is 17.8 Å². The Morgan fingerprint density at radius 2 is 1.97 bits per heavy atom. The zero-order valence-corrected chi connectivity index (χ0v) is 16.2. The van der Waals surface area contributed by atoms with Gasteiger partial charge in [0.05, 0.1) is 11.3 Å². The highest BCUT2D eigenvalue weighted by Gasteiger charge is 2.44. The number of hydrogen-bond acceptors (Lipinski definition) is 5. The van der Waals surface area contributed by atoms with E-state index in [9.17, 15) is 14.7 Å². The normalized spacial score (nSPS) is 16.8. The molecule has 0 saturated carbocycles. The van der Waals surface area contributed by atoms with Crippen LogP contribution in [0, 0.1) is 0 Å². The van der Waals surface area contributed by atoms with Crippen LogP contribution in [0.25, 0.3) is 11.0 Å². The van der Waals surface area contributed by atoms with Crippen LogP contribution in [-0.4, -0.2) is 33.2 Å². The van der Waals surface area contributed by atoms with Crippen molar-refractivity contribution in [2.24, 2.45) is 0 Å². The third-order valence-electron chi connectivity index (χ3n) is 5.17. The van der Waals surface area contributed by atoms with Crippen LogP contribution in [0.2, 0.25) is 0 Å². The summed E-state index contributed by atoms with van der Waals surface area (Å²) in [5.41, 5.74) is 1.14. The minimum absolute atomic E-state index is 0.0178. The molecule has 148 valence electrons. The summed E-state index contributed by atoms with van der Waals surface area (Å²) in [7, 11) is 0. The Hall–Kier alpha value is -3.41. The molecule has 0 spiro atoms. The van der Waals surface area contributed by atoms with Crippen molar-refractivity contribution in [3.05, 3.63) is 77.5 Å². The zero-order valence-electron chi connectivity index (χ0n) is 16.2. The third-order valence-corrected chi connectivity index (χ3v) is 5.17. The number of Topliss-reactive ketones (excluding diaryl/α,β-unsaturated/α-hetero) is 1. The summed E-state index contributed by atoms with van der Waals surface area (Å²) in [4.78, 5) is 32.0. The van der Waals surface area contributed by atoms with Crippen molar-refractivity contribution >= 4 is 22.7 Å². The summed E-state index contributed by atoms with van der Waals surface area (Å²) in [6.45, 7) is 2.52. The number of amides is 1. The van der Waals surface area contributed by atoms with Crippen molar-refractivity contribution in [1.82, 2.24) is 9.88 Å². The summed E-state index contributed by atoms with van der Waals surface area (Å²) in [6, 6.07) is 13.5. The summed E-state index contributed by atoms with van der Waals surface area (Å²) in [6.07, 6.45) is 4.35. The molecule has 0 radical (unpaired) electrons. The summed E-state index contributed by atoms with van der Waals surface area (Å²) >= 11 is 0. The number of rotatable bonds is 7. The van der Waals surface area contributed by atoms with Gasteiger partial charge in [0, 0.05) is 18.1 Å². The zero-order chi connectivity index (χ0) is 20.4. The molecule has 2 aromatic heterocycles. The number of fused-ring (bicyclic) bond motifs is 1. The minimum Gasteiger partial charge on any atom is -0.503 e. The standard InChI is InChI=1S/C23H22N2O4/c1-2-3-8-13-25-20(16-10-6-7-12-24-16)19(22(27)23(25)28)21(26)18-14-15-9-4-5-11-17(15)29-18/h4-7,9-12,14,20,27H,2-3,8,13H2,1H3. The Balaban J connectivity index is 1.75. The van der Waals surface area contributed by atoms with Crippen LogP contribution >= 0.6 is 0 Å². The first-order valence-corrected chi connectivity index (χ1v) is 9.80. The molecular weight excluding hydrogens is 368 g/mol. The molecule has 3 heterocycles. The SMILES string of the molecule is CCCCCN1C(=O)C(O)=C(C(=O)c2cc3ccccc3o2)C1c1ccccn1. The number of ketones is 1. The fourth-order valence-corrected chi connectivity index (χ4v) is 3.72. The maximum Gasteiger partial charge on any atom is 0.290 e. The van der Waals surface area contributed by atoms with Gasteiger partial charge in [-0.1, -0.05) is 44.0 Å². The van der Waals surface area contributed by atoms with Gasteiger partial charge in [0.25, 0.3) is 5.91 Å². The molecule has 1 aromatic carbocycles. The molecule has 4 rings (SSSR count).